The molecule has 3 atom stereocenters. The molecule has 0 aliphatic heterocycles. The van der Waals surface area contributed by atoms with Crippen LogP contribution in [-0.4, -0.2) is 11.1 Å². The Morgan fingerprint density at radius 2 is 1.64 bits per heavy atom. The van der Waals surface area contributed by atoms with Crippen LogP contribution in [0.4, 0.5) is 0 Å². The molecule has 2 fully saturated rings. The normalized spacial score (nSPS) is 36.7. The number of carbonyl (C=O) groups is 1. The number of carboxylic acids is 1. The molecule has 0 radical (unpaired) electrons. The molecule has 2 nitrogen and oxygen atoms in total. The van der Waals surface area contributed by atoms with E-state index in [0.29, 0.717) is 5.92 Å². The molecule has 0 saturated heterocycles. The fourth-order valence-corrected chi connectivity index (χ4v) is 3.25. The Hall–Kier alpha value is -0.0105. The van der Waals surface area contributed by atoms with Crippen molar-refractivity contribution in [3.63, 3.8) is 0 Å². The van der Waals surface area contributed by atoms with Gasteiger partial charge in [-0.1, -0.05) is 32.1 Å². The maximum atomic E-state index is 11.0. The predicted molar refractivity (Wildman–Crippen MR) is 50.4 cm³/mol. The molecule has 3 unspecified atom stereocenters. The zero-order chi connectivity index (χ0) is 9.26. The van der Waals surface area contributed by atoms with E-state index in [1.54, 1.807) is 0 Å². The quantitative estimate of drug-likeness (QED) is 0.713. The molecule has 0 spiro atoms. The van der Waals surface area contributed by atoms with Crippen LogP contribution >= 0.6 is 0 Å². The Morgan fingerprint density at radius 1 is 1.00 bits per heavy atom. The Labute approximate surface area is 95.9 Å². The molecule has 0 amide bonds. The van der Waals surface area contributed by atoms with Crippen LogP contribution in [-0.2, 0) is 21.9 Å². The predicted octanol–water partition coefficient (Wildman–Crippen LogP) is 2.68. The van der Waals surface area contributed by atoms with Crippen molar-refractivity contribution < 1.29 is 27.0 Å². The second-order valence-corrected chi connectivity index (χ2v) is 4.58. The van der Waals surface area contributed by atoms with Crippen LogP contribution in [0, 0.1) is 17.8 Å². The molecule has 2 aliphatic carbocycles. The summed E-state index contributed by atoms with van der Waals surface area (Å²) in [6.07, 6.45) is 8.39. The van der Waals surface area contributed by atoms with E-state index in [2.05, 4.69) is 0 Å². The van der Waals surface area contributed by atoms with Crippen molar-refractivity contribution >= 4 is 5.97 Å². The molecule has 0 aromatic heterocycles. The Morgan fingerprint density at radius 3 is 2.36 bits per heavy atom. The first kappa shape index (κ1) is 12.1. The fraction of sp³-hybridized carbons (Fsp3) is 0.909. The van der Waals surface area contributed by atoms with Gasteiger partial charge in [-0.15, -0.1) is 0 Å². The first-order valence-electron chi connectivity index (χ1n) is 5.52. The van der Waals surface area contributed by atoms with E-state index < -0.39 is 5.97 Å². The maximum absolute atomic E-state index is 11.0. The molecule has 3 heteroatoms. The van der Waals surface area contributed by atoms with Crippen LogP contribution in [0.1, 0.15) is 44.9 Å². The number of carboxylic acid groups (broad SMARTS) is 1. The topological polar surface area (TPSA) is 37.3 Å². The summed E-state index contributed by atoms with van der Waals surface area (Å²) in [5, 5.41) is 9.08. The van der Waals surface area contributed by atoms with E-state index in [-0.39, 0.29) is 23.0 Å². The minimum absolute atomic E-state index is 0. The molecular formula is C11H18FeO2. The van der Waals surface area contributed by atoms with Gasteiger partial charge >= 0.3 is 5.97 Å². The van der Waals surface area contributed by atoms with Crippen LogP contribution in [0.3, 0.4) is 0 Å². The van der Waals surface area contributed by atoms with Crippen molar-refractivity contribution in [3.05, 3.63) is 0 Å². The first-order valence-corrected chi connectivity index (χ1v) is 5.52. The second kappa shape index (κ2) is 5.18. The molecular weight excluding hydrogens is 220 g/mol. The average Bonchev–Trinajstić information content (AvgIpc) is 2.17. The zero-order valence-corrected chi connectivity index (χ0v) is 9.49. The molecule has 2 rings (SSSR count). The standard InChI is InChI=1S/C11H18O2.Fe/c12-11(13)10-7-3-5-8-4-1-2-6-9(8)10;/h8-10H,1-7H2,(H,12,13);. The first-order chi connectivity index (χ1) is 6.29. The van der Waals surface area contributed by atoms with Gasteiger partial charge in [0.2, 0.25) is 0 Å². The largest absolute Gasteiger partial charge is 0.481 e. The summed E-state index contributed by atoms with van der Waals surface area (Å²) >= 11 is 0. The molecule has 0 aromatic rings. The summed E-state index contributed by atoms with van der Waals surface area (Å²) in [5.41, 5.74) is 0. The Balaban J connectivity index is 0.000000980. The third kappa shape index (κ3) is 2.32. The van der Waals surface area contributed by atoms with Crippen molar-refractivity contribution in [1.82, 2.24) is 0 Å². The second-order valence-electron chi connectivity index (χ2n) is 4.58. The molecule has 0 aromatic carbocycles. The van der Waals surface area contributed by atoms with Gasteiger partial charge in [-0.3, -0.25) is 4.79 Å². The Bertz CT molecular complexity index is 203. The van der Waals surface area contributed by atoms with Crippen molar-refractivity contribution in [2.45, 2.75) is 44.9 Å². The van der Waals surface area contributed by atoms with Gasteiger partial charge in [0.1, 0.15) is 0 Å². The van der Waals surface area contributed by atoms with Crippen LogP contribution in [0.2, 0.25) is 0 Å². The molecule has 2 aliphatic rings. The molecule has 82 valence electrons. The summed E-state index contributed by atoms with van der Waals surface area (Å²) in [7, 11) is 0. The van der Waals surface area contributed by atoms with E-state index in [0.717, 1.165) is 18.8 Å². The summed E-state index contributed by atoms with van der Waals surface area (Å²) in [6.45, 7) is 0. The molecule has 1 N–H and O–H groups in total. The van der Waals surface area contributed by atoms with E-state index in [1.165, 1.54) is 32.1 Å². The third-order valence-electron chi connectivity index (χ3n) is 3.89. The summed E-state index contributed by atoms with van der Waals surface area (Å²) < 4.78 is 0. The van der Waals surface area contributed by atoms with Gasteiger partial charge in [0.25, 0.3) is 0 Å². The van der Waals surface area contributed by atoms with E-state index in [9.17, 15) is 4.79 Å². The fourth-order valence-electron chi connectivity index (χ4n) is 3.25. The SMILES string of the molecule is O=C(O)C1CCCC2CCCCC21.[Fe]. The van der Waals surface area contributed by atoms with Crippen LogP contribution in [0.5, 0.6) is 0 Å². The van der Waals surface area contributed by atoms with E-state index >= 15 is 0 Å². The van der Waals surface area contributed by atoms with E-state index in [4.69, 9.17) is 5.11 Å². The van der Waals surface area contributed by atoms with Gasteiger partial charge in [0.15, 0.2) is 0 Å². The van der Waals surface area contributed by atoms with Gasteiger partial charge in [-0.05, 0) is 24.7 Å². The number of aliphatic carboxylic acids is 1. The average molecular weight is 238 g/mol. The van der Waals surface area contributed by atoms with Gasteiger partial charge in [-0.2, -0.15) is 0 Å². The molecule has 2 saturated carbocycles. The smallest absolute Gasteiger partial charge is 0.306 e. The minimum Gasteiger partial charge on any atom is -0.481 e. The molecule has 14 heavy (non-hydrogen) atoms. The number of rotatable bonds is 1. The molecule has 0 heterocycles. The van der Waals surface area contributed by atoms with Gasteiger partial charge in [-0.25, -0.2) is 0 Å². The summed E-state index contributed by atoms with van der Waals surface area (Å²) in [4.78, 5) is 11.0. The number of hydrogen-bond acceptors (Lipinski definition) is 1. The number of fused-ring (bicyclic) bond motifs is 1. The van der Waals surface area contributed by atoms with Crippen LogP contribution in [0.15, 0.2) is 0 Å². The Kier molecular flexibility index (Phi) is 4.46. The van der Waals surface area contributed by atoms with Crippen molar-refractivity contribution in [1.29, 1.82) is 0 Å². The zero-order valence-electron chi connectivity index (χ0n) is 8.39. The van der Waals surface area contributed by atoms with Gasteiger partial charge in [0.05, 0.1) is 5.92 Å². The van der Waals surface area contributed by atoms with E-state index in [1.807, 2.05) is 0 Å². The molecule has 0 bridgehead atoms. The number of hydrogen-bond donors (Lipinski definition) is 1. The monoisotopic (exact) mass is 238 g/mol. The summed E-state index contributed by atoms with van der Waals surface area (Å²) in [6, 6.07) is 0. The third-order valence-corrected chi connectivity index (χ3v) is 3.89. The van der Waals surface area contributed by atoms with Crippen molar-refractivity contribution in [3.8, 4) is 0 Å². The van der Waals surface area contributed by atoms with Crippen molar-refractivity contribution in [2.24, 2.45) is 17.8 Å². The van der Waals surface area contributed by atoms with Crippen LogP contribution < -0.4 is 0 Å². The maximum Gasteiger partial charge on any atom is 0.306 e. The summed E-state index contributed by atoms with van der Waals surface area (Å²) in [5.74, 6) is 0.694. The van der Waals surface area contributed by atoms with Crippen LogP contribution in [0.25, 0.3) is 0 Å². The van der Waals surface area contributed by atoms with Gasteiger partial charge < -0.3 is 5.11 Å². The van der Waals surface area contributed by atoms with Gasteiger partial charge in [0, 0.05) is 17.1 Å². The minimum atomic E-state index is -0.545. The van der Waals surface area contributed by atoms with Crippen molar-refractivity contribution in [2.75, 3.05) is 0 Å².